The Labute approximate surface area is 202 Å². The van der Waals surface area contributed by atoms with E-state index < -0.39 is 0 Å². The second-order valence-corrected chi connectivity index (χ2v) is 8.41. The largest absolute Gasteiger partial charge is 0.392 e. The van der Waals surface area contributed by atoms with Crippen LogP contribution in [0.3, 0.4) is 0 Å². The number of aliphatic hydroxyl groups is 1. The fourth-order valence-corrected chi connectivity index (χ4v) is 4.30. The van der Waals surface area contributed by atoms with Crippen molar-refractivity contribution in [1.82, 2.24) is 29.2 Å². The zero-order valence-corrected chi connectivity index (χ0v) is 19.4. The van der Waals surface area contributed by atoms with Crippen molar-refractivity contribution in [3.8, 4) is 18.2 Å². The van der Waals surface area contributed by atoms with Gasteiger partial charge >= 0.3 is 0 Å². The van der Waals surface area contributed by atoms with Crippen molar-refractivity contribution in [2.75, 3.05) is 43.4 Å². The molecule has 0 amide bonds. The smallest absolute Gasteiger partial charge is 0.279 e. The van der Waals surface area contributed by atoms with E-state index in [0.29, 0.717) is 22.8 Å². The van der Waals surface area contributed by atoms with Crippen molar-refractivity contribution >= 4 is 28.4 Å². The van der Waals surface area contributed by atoms with E-state index in [9.17, 15) is 9.90 Å². The highest BCUT2D eigenvalue weighted by Crippen LogP contribution is 2.27. The lowest BCUT2D eigenvalue weighted by Gasteiger charge is -2.35. The highest BCUT2D eigenvalue weighted by Gasteiger charge is 2.19. The molecular formula is C25H26N8O2. The van der Waals surface area contributed by atoms with Gasteiger partial charge in [-0.15, -0.1) is 6.42 Å². The van der Waals surface area contributed by atoms with Crippen molar-refractivity contribution in [2.45, 2.75) is 13.2 Å². The molecule has 0 saturated carbocycles. The molecular weight excluding hydrogens is 444 g/mol. The topological polar surface area (TPSA) is 104 Å². The summed E-state index contributed by atoms with van der Waals surface area (Å²) in [6.45, 7) is 3.78. The molecule has 35 heavy (non-hydrogen) atoms. The number of piperazine rings is 1. The third kappa shape index (κ3) is 4.35. The first-order valence-electron chi connectivity index (χ1n) is 11.4. The molecule has 2 N–H and O–H groups in total. The molecule has 1 fully saturated rings. The summed E-state index contributed by atoms with van der Waals surface area (Å²) in [6, 6.07) is 11.3. The summed E-state index contributed by atoms with van der Waals surface area (Å²) in [7, 11) is 2.11. The van der Waals surface area contributed by atoms with E-state index in [0.717, 1.165) is 43.1 Å². The van der Waals surface area contributed by atoms with Crippen LogP contribution in [0.5, 0.6) is 0 Å². The molecule has 1 aromatic carbocycles. The molecule has 4 heterocycles. The number of pyridine rings is 1. The van der Waals surface area contributed by atoms with Crippen LogP contribution in [-0.4, -0.2) is 67.5 Å². The molecule has 178 valence electrons. The van der Waals surface area contributed by atoms with Gasteiger partial charge in [0.15, 0.2) is 11.5 Å². The highest BCUT2D eigenvalue weighted by molar-refractivity contribution is 5.77. The van der Waals surface area contributed by atoms with E-state index in [1.165, 1.54) is 10.9 Å². The Morgan fingerprint density at radius 3 is 2.69 bits per heavy atom. The maximum atomic E-state index is 13.0. The number of aromatic nitrogens is 5. The van der Waals surface area contributed by atoms with Gasteiger partial charge in [0.05, 0.1) is 6.61 Å². The molecule has 1 aliphatic heterocycles. The summed E-state index contributed by atoms with van der Waals surface area (Å²) < 4.78 is 3.03. The van der Waals surface area contributed by atoms with Gasteiger partial charge in [-0.2, -0.15) is 4.98 Å². The lowest BCUT2D eigenvalue weighted by atomic mass is 10.1. The van der Waals surface area contributed by atoms with E-state index in [-0.39, 0.29) is 18.7 Å². The number of benzene rings is 1. The molecule has 3 aromatic heterocycles. The number of hydrogen-bond donors (Lipinski definition) is 2. The summed E-state index contributed by atoms with van der Waals surface area (Å²) in [5.41, 5.74) is 2.71. The van der Waals surface area contributed by atoms with Crippen LogP contribution in [0.1, 0.15) is 5.56 Å². The number of likely N-dealkylation sites (N-methyl/N-ethyl adjacent to an activating group) is 1. The fraction of sp³-hybridized carbons (Fsp3) is 0.280. The molecule has 0 unspecified atom stereocenters. The van der Waals surface area contributed by atoms with Crippen LogP contribution in [0.4, 0.5) is 17.3 Å². The van der Waals surface area contributed by atoms with Crippen molar-refractivity contribution in [3.05, 3.63) is 64.7 Å². The average Bonchev–Trinajstić information content (AvgIpc) is 3.16. The van der Waals surface area contributed by atoms with Crippen LogP contribution in [0.25, 0.3) is 16.9 Å². The van der Waals surface area contributed by atoms with Gasteiger partial charge in [-0.05, 0) is 37.4 Å². The van der Waals surface area contributed by atoms with Gasteiger partial charge in [0.2, 0.25) is 5.95 Å². The summed E-state index contributed by atoms with van der Waals surface area (Å²) >= 11 is 0. The van der Waals surface area contributed by atoms with Crippen LogP contribution in [0, 0.1) is 12.3 Å². The molecule has 0 bridgehead atoms. The first-order chi connectivity index (χ1) is 17.1. The minimum atomic E-state index is -0.283. The number of aliphatic hydroxyl groups excluding tert-OH is 1. The molecule has 5 rings (SSSR count). The van der Waals surface area contributed by atoms with Crippen molar-refractivity contribution in [3.63, 3.8) is 0 Å². The molecule has 10 heteroatoms. The number of anilines is 3. The molecule has 1 saturated heterocycles. The van der Waals surface area contributed by atoms with Crippen LogP contribution < -0.4 is 15.8 Å². The third-order valence-electron chi connectivity index (χ3n) is 6.13. The number of fused-ring (bicyclic) bond motifs is 1. The van der Waals surface area contributed by atoms with Crippen molar-refractivity contribution in [2.24, 2.45) is 0 Å². The Morgan fingerprint density at radius 1 is 1.14 bits per heavy atom. The first-order valence-corrected chi connectivity index (χ1v) is 11.4. The van der Waals surface area contributed by atoms with Crippen LogP contribution in [-0.2, 0) is 13.2 Å². The van der Waals surface area contributed by atoms with Gasteiger partial charge in [-0.1, -0.05) is 12.0 Å². The van der Waals surface area contributed by atoms with Gasteiger partial charge in [0.1, 0.15) is 11.9 Å². The molecule has 4 aromatic rings. The minimum Gasteiger partial charge on any atom is -0.392 e. The van der Waals surface area contributed by atoms with Gasteiger partial charge in [-0.25, -0.2) is 19.3 Å². The molecule has 0 spiro atoms. The number of hydrogen-bond acceptors (Lipinski definition) is 8. The van der Waals surface area contributed by atoms with Crippen LogP contribution in [0.2, 0.25) is 0 Å². The Balaban J connectivity index is 1.50. The zero-order valence-electron chi connectivity index (χ0n) is 19.4. The van der Waals surface area contributed by atoms with E-state index in [2.05, 4.69) is 43.0 Å². The quantitative estimate of drug-likeness (QED) is 0.410. The predicted octanol–water partition coefficient (Wildman–Crippen LogP) is 1.60. The fourth-order valence-electron chi connectivity index (χ4n) is 4.30. The van der Waals surface area contributed by atoms with Gasteiger partial charge in [0, 0.05) is 55.5 Å². The number of rotatable bonds is 6. The monoisotopic (exact) mass is 470 g/mol. The SMILES string of the molecule is C#CCn1c(=O)c2cnc(Nc3ccc(N4CCN(C)CC4)c(CO)c3)nc2n1-c1ccccn1. The molecule has 1 aliphatic rings. The van der Waals surface area contributed by atoms with E-state index in [1.807, 2.05) is 24.3 Å². The van der Waals surface area contributed by atoms with Crippen molar-refractivity contribution in [1.29, 1.82) is 0 Å². The number of nitrogens with zero attached hydrogens (tertiary/aromatic N) is 7. The standard InChI is InChI=1S/C25H26N8O2/c1-3-10-32-24(35)20-16-27-25(29-23(20)33(32)22-6-4-5-9-26-22)28-19-7-8-21(18(15-19)17-34)31-13-11-30(2)12-14-31/h1,4-9,15-16,34H,10-14,17H2,2H3,(H,27,28,29). The number of terminal acetylenes is 1. The summed E-state index contributed by atoms with van der Waals surface area (Å²) in [5, 5.41) is 13.6. The zero-order chi connectivity index (χ0) is 24.4. The Kier molecular flexibility index (Phi) is 6.18. The maximum Gasteiger partial charge on any atom is 0.279 e. The van der Waals surface area contributed by atoms with Crippen LogP contribution >= 0.6 is 0 Å². The van der Waals surface area contributed by atoms with Gasteiger partial charge in [0.25, 0.3) is 5.56 Å². The Morgan fingerprint density at radius 2 is 1.97 bits per heavy atom. The minimum absolute atomic E-state index is 0.0716. The molecule has 0 atom stereocenters. The third-order valence-corrected chi connectivity index (χ3v) is 6.13. The second kappa shape index (κ2) is 9.58. The molecule has 0 radical (unpaired) electrons. The van der Waals surface area contributed by atoms with Gasteiger partial charge < -0.3 is 20.2 Å². The predicted molar refractivity (Wildman–Crippen MR) is 135 cm³/mol. The Hall–Kier alpha value is -4.20. The summed E-state index contributed by atoms with van der Waals surface area (Å²) in [5.74, 6) is 3.36. The molecule has 10 nitrogen and oxygen atoms in total. The van der Waals surface area contributed by atoms with Crippen molar-refractivity contribution < 1.29 is 5.11 Å². The van der Waals surface area contributed by atoms with Gasteiger partial charge in [-0.3, -0.25) is 4.79 Å². The summed E-state index contributed by atoms with van der Waals surface area (Å²) in [6.07, 6.45) is 8.65. The first kappa shape index (κ1) is 22.6. The lowest BCUT2D eigenvalue weighted by molar-refractivity contribution is 0.280. The average molecular weight is 471 g/mol. The maximum absolute atomic E-state index is 13.0. The second-order valence-electron chi connectivity index (χ2n) is 8.41. The highest BCUT2D eigenvalue weighted by atomic mass is 16.3. The lowest BCUT2D eigenvalue weighted by Crippen LogP contribution is -2.44. The molecule has 0 aliphatic carbocycles. The number of nitrogens with one attached hydrogen (secondary N) is 1. The van der Waals surface area contributed by atoms with E-state index in [4.69, 9.17) is 6.42 Å². The normalized spacial score (nSPS) is 14.3. The van der Waals surface area contributed by atoms with Crippen LogP contribution in [0.15, 0.2) is 53.6 Å². The van der Waals surface area contributed by atoms with E-state index in [1.54, 1.807) is 23.0 Å². The van der Waals surface area contributed by atoms with E-state index >= 15 is 0 Å². The summed E-state index contributed by atoms with van der Waals surface area (Å²) in [4.78, 5) is 30.9. The Bertz CT molecular complexity index is 1450.